The molecule has 4 heteroatoms. The van der Waals surface area contributed by atoms with Gasteiger partial charge in [0.05, 0.1) is 5.92 Å². The highest BCUT2D eigenvalue weighted by atomic mass is 17.2. The Bertz CT molecular complexity index is 206. The summed E-state index contributed by atoms with van der Waals surface area (Å²) >= 11 is 0. The summed E-state index contributed by atoms with van der Waals surface area (Å²) in [5.74, 6) is -0.978. The summed E-state index contributed by atoms with van der Waals surface area (Å²) in [5, 5.41) is 0. The van der Waals surface area contributed by atoms with Crippen LogP contribution >= 0.6 is 0 Å². The fraction of sp³-hybridized carbons (Fsp3) is 0.800. The maximum absolute atomic E-state index is 11.3. The van der Waals surface area contributed by atoms with E-state index in [4.69, 9.17) is 0 Å². The lowest BCUT2D eigenvalue weighted by Gasteiger charge is -2.18. The molecule has 0 amide bonds. The normalized spacial score (nSPS) is 17.5. The standard InChI is InChI=1S/C10H16O4/c1-2-9(11)13-14-10(12)8-6-4-3-5-7-8/h8H,2-7H2,1H3. The van der Waals surface area contributed by atoms with Crippen LogP contribution in [0.3, 0.4) is 0 Å². The molecule has 1 saturated carbocycles. The van der Waals surface area contributed by atoms with Gasteiger partial charge in [-0.2, -0.15) is 0 Å². The Kier molecular flexibility index (Phi) is 4.43. The Morgan fingerprint density at radius 1 is 1.14 bits per heavy atom. The highest BCUT2D eigenvalue weighted by molar-refractivity contribution is 5.74. The van der Waals surface area contributed by atoms with Crippen molar-refractivity contribution in [3.63, 3.8) is 0 Å². The predicted molar refractivity (Wildman–Crippen MR) is 49.1 cm³/mol. The number of hydrogen-bond donors (Lipinski definition) is 0. The first-order chi connectivity index (χ1) is 6.74. The maximum Gasteiger partial charge on any atom is 0.358 e. The Labute approximate surface area is 83.5 Å². The van der Waals surface area contributed by atoms with Gasteiger partial charge >= 0.3 is 11.9 Å². The van der Waals surface area contributed by atoms with Crippen molar-refractivity contribution in [3.05, 3.63) is 0 Å². The van der Waals surface area contributed by atoms with Gasteiger partial charge in [-0.1, -0.05) is 26.2 Å². The third-order valence-corrected chi connectivity index (χ3v) is 2.44. The molecule has 0 N–H and O–H groups in total. The quantitative estimate of drug-likeness (QED) is 0.505. The first-order valence-electron chi connectivity index (χ1n) is 5.15. The second-order valence-electron chi connectivity index (χ2n) is 3.55. The fourth-order valence-corrected chi connectivity index (χ4v) is 1.55. The van der Waals surface area contributed by atoms with E-state index in [0.29, 0.717) is 0 Å². The minimum Gasteiger partial charge on any atom is -0.247 e. The molecule has 0 spiro atoms. The highest BCUT2D eigenvalue weighted by Gasteiger charge is 2.24. The first kappa shape index (κ1) is 11.0. The Hall–Kier alpha value is -1.06. The van der Waals surface area contributed by atoms with E-state index in [1.165, 1.54) is 6.42 Å². The van der Waals surface area contributed by atoms with E-state index >= 15 is 0 Å². The molecular weight excluding hydrogens is 184 g/mol. The molecule has 14 heavy (non-hydrogen) atoms. The molecule has 0 saturated heterocycles. The van der Waals surface area contributed by atoms with Crippen LogP contribution in [-0.4, -0.2) is 11.9 Å². The van der Waals surface area contributed by atoms with E-state index in [1.807, 2.05) is 0 Å². The molecule has 0 atom stereocenters. The van der Waals surface area contributed by atoms with Crippen LogP contribution in [0.4, 0.5) is 0 Å². The number of rotatable bonds is 2. The summed E-state index contributed by atoms with van der Waals surface area (Å²) in [4.78, 5) is 30.8. The highest BCUT2D eigenvalue weighted by Crippen LogP contribution is 2.24. The molecule has 0 unspecified atom stereocenters. The lowest BCUT2D eigenvalue weighted by molar-refractivity contribution is -0.262. The molecular formula is C10H16O4. The Morgan fingerprint density at radius 2 is 1.79 bits per heavy atom. The Morgan fingerprint density at radius 3 is 2.36 bits per heavy atom. The molecule has 0 aliphatic heterocycles. The summed E-state index contributed by atoms with van der Waals surface area (Å²) in [6, 6.07) is 0. The van der Waals surface area contributed by atoms with E-state index in [2.05, 4.69) is 9.78 Å². The number of carbonyl (C=O) groups is 2. The van der Waals surface area contributed by atoms with Crippen molar-refractivity contribution in [1.29, 1.82) is 0 Å². The minimum atomic E-state index is -0.505. The van der Waals surface area contributed by atoms with Crippen LogP contribution in [-0.2, 0) is 19.4 Å². The van der Waals surface area contributed by atoms with Crippen LogP contribution in [0.5, 0.6) is 0 Å². The van der Waals surface area contributed by atoms with Crippen LogP contribution in [0.25, 0.3) is 0 Å². The van der Waals surface area contributed by atoms with Gasteiger partial charge in [0.15, 0.2) is 0 Å². The van der Waals surface area contributed by atoms with Gasteiger partial charge in [-0.15, -0.1) is 0 Å². The molecule has 1 aliphatic rings. The van der Waals surface area contributed by atoms with Crippen molar-refractivity contribution < 1.29 is 19.4 Å². The van der Waals surface area contributed by atoms with Crippen LogP contribution in [0.15, 0.2) is 0 Å². The maximum atomic E-state index is 11.3. The molecule has 0 bridgehead atoms. The molecule has 0 aromatic heterocycles. The van der Waals surface area contributed by atoms with Crippen molar-refractivity contribution in [1.82, 2.24) is 0 Å². The molecule has 0 aromatic rings. The van der Waals surface area contributed by atoms with E-state index in [0.717, 1.165) is 25.7 Å². The monoisotopic (exact) mass is 200 g/mol. The summed E-state index contributed by atoms with van der Waals surface area (Å²) in [5.41, 5.74) is 0. The molecule has 1 fully saturated rings. The van der Waals surface area contributed by atoms with Gasteiger partial charge in [0.2, 0.25) is 0 Å². The molecule has 1 rings (SSSR count). The van der Waals surface area contributed by atoms with Gasteiger partial charge in [0.25, 0.3) is 0 Å². The molecule has 0 heterocycles. The van der Waals surface area contributed by atoms with Crippen LogP contribution in [0.2, 0.25) is 0 Å². The molecule has 0 radical (unpaired) electrons. The Balaban J connectivity index is 2.23. The smallest absolute Gasteiger partial charge is 0.247 e. The number of carbonyl (C=O) groups excluding carboxylic acids is 2. The van der Waals surface area contributed by atoms with Gasteiger partial charge in [-0.05, 0) is 12.8 Å². The van der Waals surface area contributed by atoms with Gasteiger partial charge in [0, 0.05) is 6.42 Å². The van der Waals surface area contributed by atoms with Gasteiger partial charge in [-0.3, -0.25) is 0 Å². The average molecular weight is 200 g/mol. The first-order valence-corrected chi connectivity index (χ1v) is 5.15. The SMILES string of the molecule is CCC(=O)OOC(=O)C1CCCCC1. The average Bonchev–Trinajstić information content (AvgIpc) is 2.26. The zero-order valence-electron chi connectivity index (χ0n) is 8.45. The van der Waals surface area contributed by atoms with Crippen molar-refractivity contribution in [2.24, 2.45) is 5.92 Å². The van der Waals surface area contributed by atoms with E-state index in [9.17, 15) is 9.59 Å². The summed E-state index contributed by atoms with van der Waals surface area (Å²) < 4.78 is 0. The van der Waals surface area contributed by atoms with Crippen molar-refractivity contribution in [2.75, 3.05) is 0 Å². The summed E-state index contributed by atoms with van der Waals surface area (Å²) in [7, 11) is 0. The fourth-order valence-electron chi connectivity index (χ4n) is 1.55. The van der Waals surface area contributed by atoms with Crippen molar-refractivity contribution >= 4 is 11.9 Å². The molecule has 0 aromatic carbocycles. The zero-order valence-corrected chi connectivity index (χ0v) is 8.45. The largest absolute Gasteiger partial charge is 0.358 e. The van der Waals surface area contributed by atoms with Crippen molar-refractivity contribution in [3.8, 4) is 0 Å². The van der Waals surface area contributed by atoms with E-state index < -0.39 is 11.9 Å². The third kappa shape index (κ3) is 3.36. The van der Waals surface area contributed by atoms with Gasteiger partial charge in [-0.25, -0.2) is 19.4 Å². The minimum absolute atomic E-state index is 0.0755. The van der Waals surface area contributed by atoms with Crippen LogP contribution in [0.1, 0.15) is 45.4 Å². The second kappa shape index (κ2) is 5.62. The summed E-state index contributed by atoms with van der Waals surface area (Å²) in [6.45, 7) is 1.65. The molecule has 80 valence electrons. The summed E-state index contributed by atoms with van der Waals surface area (Å²) in [6.07, 6.45) is 5.21. The van der Waals surface area contributed by atoms with Crippen LogP contribution in [0, 0.1) is 5.92 Å². The third-order valence-electron chi connectivity index (χ3n) is 2.44. The van der Waals surface area contributed by atoms with E-state index in [-0.39, 0.29) is 12.3 Å². The topological polar surface area (TPSA) is 52.6 Å². The predicted octanol–water partition coefficient (Wildman–Crippen LogP) is 1.98. The van der Waals surface area contributed by atoms with E-state index in [1.54, 1.807) is 6.92 Å². The second-order valence-corrected chi connectivity index (χ2v) is 3.55. The molecule has 1 aliphatic carbocycles. The number of hydrogen-bond acceptors (Lipinski definition) is 4. The van der Waals surface area contributed by atoms with Gasteiger partial charge < -0.3 is 0 Å². The molecule has 4 nitrogen and oxygen atoms in total. The lowest BCUT2D eigenvalue weighted by Crippen LogP contribution is -2.21. The zero-order chi connectivity index (χ0) is 10.4. The van der Waals surface area contributed by atoms with Crippen LogP contribution < -0.4 is 0 Å². The van der Waals surface area contributed by atoms with Gasteiger partial charge in [0.1, 0.15) is 0 Å². The lowest BCUT2D eigenvalue weighted by atomic mass is 9.89. The van der Waals surface area contributed by atoms with Crippen molar-refractivity contribution in [2.45, 2.75) is 45.4 Å².